The van der Waals surface area contributed by atoms with Gasteiger partial charge in [-0.1, -0.05) is 19.1 Å². The fraction of sp³-hybridized carbons (Fsp3) is 0.231. The van der Waals surface area contributed by atoms with Crippen LogP contribution < -0.4 is 32.0 Å². The van der Waals surface area contributed by atoms with Crippen molar-refractivity contribution in [3.63, 3.8) is 0 Å². The van der Waals surface area contributed by atoms with Crippen LogP contribution >= 0.6 is 0 Å². The summed E-state index contributed by atoms with van der Waals surface area (Å²) in [5.74, 6) is 1.06. The first-order valence-corrected chi connectivity index (χ1v) is 11.3. The van der Waals surface area contributed by atoms with Crippen LogP contribution in [0.1, 0.15) is 52.4 Å². The molecule has 9 nitrogen and oxygen atoms in total. The minimum absolute atomic E-state index is 0.102. The van der Waals surface area contributed by atoms with Crippen LogP contribution in [0.3, 0.4) is 0 Å². The third-order valence-electron chi connectivity index (χ3n) is 6.26. The third-order valence-corrected chi connectivity index (χ3v) is 6.26. The number of benzene rings is 1. The second-order valence-corrected chi connectivity index (χ2v) is 8.71. The van der Waals surface area contributed by atoms with Gasteiger partial charge in [-0.3, -0.25) is 24.1 Å². The molecule has 2 aromatic heterocycles. The Hall–Kier alpha value is -4.40. The van der Waals surface area contributed by atoms with Crippen LogP contribution in [0.15, 0.2) is 61.4 Å². The van der Waals surface area contributed by atoms with E-state index in [1.165, 1.54) is 4.90 Å². The molecule has 2 aromatic carbocycles. The molecule has 178 valence electrons. The standard InChI is InChI=1S/C26H24N4O5/c1-4-16(19-9-8-14(3)35-19)28-21-22(24(32)23(21)31)29-17-7-5-6-15-12-30(26(34)20(15)17)18-10-13(2)11-27-25(18)33/h5-11,16,28-29H,4,12H2,1-3H3,(H,27,33). The van der Waals surface area contributed by atoms with Gasteiger partial charge in [-0.05, 0) is 55.7 Å². The summed E-state index contributed by atoms with van der Waals surface area (Å²) in [6.07, 6.45) is 2.21. The Kier molecular flexibility index (Phi) is 5.39. The number of hydrogen-bond donors (Lipinski definition) is 3. The summed E-state index contributed by atoms with van der Waals surface area (Å²) in [6, 6.07) is 10.3. The molecule has 1 unspecified atom stereocenters. The SMILES string of the molecule is CCC(Nc1c(Nc2cccc3c2C(=O)N(c2cc(C)c[nH]c2=O)C3)c(=O)c1=O)c1ccc(C)o1. The van der Waals surface area contributed by atoms with Crippen molar-refractivity contribution in [1.82, 2.24) is 4.98 Å². The second-order valence-electron chi connectivity index (χ2n) is 8.71. The van der Waals surface area contributed by atoms with E-state index in [1.807, 2.05) is 32.9 Å². The number of nitrogens with zero attached hydrogens (tertiary/aromatic N) is 1. The van der Waals surface area contributed by atoms with Gasteiger partial charge in [0.25, 0.3) is 22.3 Å². The molecule has 3 heterocycles. The van der Waals surface area contributed by atoms with Gasteiger partial charge >= 0.3 is 0 Å². The monoisotopic (exact) mass is 472 g/mol. The quantitative estimate of drug-likeness (QED) is 0.351. The van der Waals surface area contributed by atoms with E-state index in [9.17, 15) is 19.2 Å². The number of aromatic amines is 1. The predicted octanol–water partition coefficient (Wildman–Crippen LogP) is 3.65. The molecule has 0 bridgehead atoms. The smallest absolute Gasteiger partial charge is 0.271 e. The molecule has 0 aliphatic carbocycles. The number of furan rings is 1. The van der Waals surface area contributed by atoms with Crippen molar-refractivity contribution in [3.05, 3.63) is 102 Å². The minimum atomic E-state index is -0.659. The fourth-order valence-electron chi connectivity index (χ4n) is 4.41. The maximum atomic E-state index is 13.3. The zero-order valence-corrected chi connectivity index (χ0v) is 19.5. The molecule has 9 heteroatoms. The molecule has 0 spiro atoms. The highest BCUT2D eigenvalue weighted by Gasteiger charge is 2.33. The highest BCUT2D eigenvalue weighted by Crippen LogP contribution is 2.35. The molecule has 1 atom stereocenters. The van der Waals surface area contributed by atoms with Gasteiger partial charge in [-0.2, -0.15) is 0 Å². The highest BCUT2D eigenvalue weighted by atomic mass is 16.3. The van der Waals surface area contributed by atoms with Crippen LogP contribution in [0.2, 0.25) is 0 Å². The van der Waals surface area contributed by atoms with Gasteiger partial charge in [-0.15, -0.1) is 0 Å². The fourth-order valence-corrected chi connectivity index (χ4v) is 4.41. The summed E-state index contributed by atoms with van der Waals surface area (Å²) in [5, 5.41) is 6.13. The molecule has 0 fully saturated rings. The Morgan fingerprint density at radius 3 is 2.54 bits per heavy atom. The lowest BCUT2D eigenvalue weighted by atomic mass is 10.1. The van der Waals surface area contributed by atoms with Crippen molar-refractivity contribution < 1.29 is 9.21 Å². The average Bonchev–Trinajstić information content (AvgIpc) is 3.43. The predicted molar refractivity (Wildman–Crippen MR) is 133 cm³/mol. The number of rotatable bonds is 7. The Labute approximate surface area is 200 Å². The summed E-state index contributed by atoms with van der Waals surface area (Å²) in [4.78, 5) is 54.6. The summed E-state index contributed by atoms with van der Waals surface area (Å²) in [5.41, 5.74) is 1.17. The van der Waals surface area contributed by atoms with Crippen molar-refractivity contribution in [2.75, 3.05) is 15.5 Å². The van der Waals surface area contributed by atoms with Crippen LogP contribution in [0, 0.1) is 13.8 Å². The second kappa shape index (κ2) is 8.43. The zero-order chi connectivity index (χ0) is 24.9. The topological polar surface area (TPSA) is 125 Å². The molecule has 1 aliphatic heterocycles. The molecule has 0 radical (unpaired) electrons. The first-order valence-electron chi connectivity index (χ1n) is 11.3. The molecule has 35 heavy (non-hydrogen) atoms. The van der Waals surface area contributed by atoms with Crippen LogP contribution in [0.4, 0.5) is 22.7 Å². The molecule has 0 saturated heterocycles. The number of carbonyl (C=O) groups is 1. The Morgan fingerprint density at radius 2 is 1.83 bits per heavy atom. The summed E-state index contributed by atoms with van der Waals surface area (Å²) in [7, 11) is 0. The molecule has 3 N–H and O–H groups in total. The number of anilines is 4. The number of aromatic nitrogens is 1. The summed E-state index contributed by atoms with van der Waals surface area (Å²) < 4.78 is 5.69. The van der Waals surface area contributed by atoms with Gasteiger partial charge in [0.2, 0.25) is 0 Å². The lowest BCUT2D eigenvalue weighted by Gasteiger charge is -2.21. The van der Waals surface area contributed by atoms with Crippen LogP contribution in [0.5, 0.6) is 0 Å². The van der Waals surface area contributed by atoms with Gasteiger partial charge in [-0.25, -0.2) is 0 Å². The summed E-state index contributed by atoms with van der Waals surface area (Å²) >= 11 is 0. The maximum Gasteiger partial charge on any atom is 0.271 e. The van der Waals surface area contributed by atoms with E-state index in [2.05, 4.69) is 15.6 Å². The molecule has 5 rings (SSSR count). The highest BCUT2D eigenvalue weighted by molar-refractivity contribution is 6.14. The largest absolute Gasteiger partial charge is 0.464 e. The number of aryl methyl sites for hydroxylation is 2. The first-order chi connectivity index (χ1) is 16.8. The van der Waals surface area contributed by atoms with Crippen molar-refractivity contribution in [2.45, 2.75) is 39.8 Å². The summed E-state index contributed by atoms with van der Waals surface area (Å²) in [6.45, 7) is 5.83. The minimum Gasteiger partial charge on any atom is -0.464 e. The van der Waals surface area contributed by atoms with Crippen LogP contribution in [-0.4, -0.2) is 10.9 Å². The van der Waals surface area contributed by atoms with E-state index in [-0.39, 0.29) is 41.1 Å². The molecule has 0 saturated carbocycles. The van der Waals surface area contributed by atoms with Crippen molar-refractivity contribution in [2.24, 2.45) is 0 Å². The number of pyridine rings is 1. The van der Waals surface area contributed by atoms with Crippen LogP contribution in [-0.2, 0) is 6.54 Å². The van der Waals surface area contributed by atoms with Crippen molar-refractivity contribution in [3.8, 4) is 0 Å². The number of fused-ring (bicyclic) bond motifs is 1. The Morgan fingerprint density at radius 1 is 1.06 bits per heavy atom. The van der Waals surface area contributed by atoms with E-state index in [1.54, 1.807) is 30.5 Å². The van der Waals surface area contributed by atoms with Crippen LogP contribution in [0.25, 0.3) is 0 Å². The van der Waals surface area contributed by atoms with Crippen molar-refractivity contribution in [1.29, 1.82) is 0 Å². The van der Waals surface area contributed by atoms with Gasteiger partial charge in [0.05, 0.1) is 23.8 Å². The molecule has 4 aromatic rings. The maximum absolute atomic E-state index is 13.3. The molecular weight excluding hydrogens is 448 g/mol. The lowest BCUT2D eigenvalue weighted by molar-refractivity contribution is 0.0997. The first kappa shape index (κ1) is 22.4. The molecule has 1 aliphatic rings. The zero-order valence-electron chi connectivity index (χ0n) is 19.5. The van der Waals surface area contributed by atoms with Gasteiger partial charge in [0.1, 0.15) is 28.6 Å². The Balaban J connectivity index is 1.46. The number of nitrogens with one attached hydrogen (secondary N) is 3. The van der Waals surface area contributed by atoms with E-state index >= 15 is 0 Å². The Bertz CT molecular complexity index is 1590. The lowest BCUT2D eigenvalue weighted by Crippen LogP contribution is -2.37. The van der Waals surface area contributed by atoms with Gasteiger partial charge < -0.3 is 20.0 Å². The normalized spacial score (nSPS) is 13.8. The molecule has 1 amide bonds. The number of carbonyl (C=O) groups excluding carboxylic acids is 1. The van der Waals surface area contributed by atoms with E-state index in [4.69, 9.17) is 4.42 Å². The number of H-pyrrole nitrogens is 1. The molecular formula is C26H24N4O5. The number of amides is 1. The van der Waals surface area contributed by atoms with Gasteiger partial charge in [0.15, 0.2) is 0 Å². The van der Waals surface area contributed by atoms with E-state index in [0.717, 1.165) is 11.3 Å². The third kappa shape index (κ3) is 3.74. The van der Waals surface area contributed by atoms with E-state index < -0.39 is 10.9 Å². The number of hydrogen-bond acceptors (Lipinski definition) is 7. The van der Waals surface area contributed by atoms with E-state index in [0.29, 0.717) is 29.0 Å². The average molecular weight is 473 g/mol. The van der Waals surface area contributed by atoms with Gasteiger partial charge in [0, 0.05) is 6.20 Å². The van der Waals surface area contributed by atoms with Crippen molar-refractivity contribution >= 4 is 28.7 Å².